The van der Waals surface area contributed by atoms with E-state index in [-0.39, 0.29) is 64.6 Å². The van der Waals surface area contributed by atoms with Crippen LogP contribution in [0.3, 0.4) is 0 Å². The van der Waals surface area contributed by atoms with Crippen molar-refractivity contribution in [2.75, 3.05) is 34.2 Å². The number of phenols is 1. The first-order valence-corrected chi connectivity index (χ1v) is 13.8. The molecule has 14 heteroatoms. The van der Waals surface area contributed by atoms with Crippen molar-refractivity contribution in [1.82, 2.24) is 0 Å². The van der Waals surface area contributed by atoms with Crippen molar-refractivity contribution in [3.63, 3.8) is 0 Å². The number of aromatic hydroxyl groups is 1. The van der Waals surface area contributed by atoms with Gasteiger partial charge in [-0.2, -0.15) is 0 Å². The van der Waals surface area contributed by atoms with E-state index < -0.39 is 66.8 Å². The predicted octanol–water partition coefficient (Wildman–Crippen LogP) is 0.422. The first-order valence-electron chi connectivity index (χ1n) is 13.8. The van der Waals surface area contributed by atoms with E-state index in [1.165, 1.54) is 14.2 Å². The van der Waals surface area contributed by atoms with Crippen molar-refractivity contribution in [2.24, 2.45) is 11.8 Å². The van der Waals surface area contributed by atoms with Gasteiger partial charge < -0.3 is 58.0 Å². The van der Waals surface area contributed by atoms with Crippen LogP contribution in [0.5, 0.6) is 28.7 Å². The van der Waals surface area contributed by atoms with Crippen molar-refractivity contribution < 1.29 is 62.7 Å². The monoisotopic (exact) mass is 798 g/mol. The van der Waals surface area contributed by atoms with Gasteiger partial charge in [-0.25, -0.2) is 0 Å². The molecule has 0 bridgehead atoms. The Kier molecular flexibility index (Phi) is 8.42. The normalized spacial score (nSPS) is 35.6. The Labute approximate surface area is 267 Å². The van der Waals surface area contributed by atoms with Crippen LogP contribution in [0.4, 0.5) is 0 Å². The minimum atomic E-state index is -1.44. The van der Waals surface area contributed by atoms with Crippen LogP contribution in [0, 0.1) is 11.8 Å². The van der Waals surface area contributed by atoms with Crippen LogP contribution in [0.25, 0.3) is 0 Å². The summed E-state index contributed by atoms with van der Waals surface area (Å²) in [5.41, 5.74) is 2.01. The van der Waals surface area contributed by atoms with Crippen LogP contribution in [0.2, 0.25) is 0 Å². The topological polar surface area (TPSA) is 161 Å². The summed E-state index contributed by atoms with van der Waals surface area (Å²) in [6.07, 6.45) is -6.80. The molecule has 4 aliphatic heterocycles. The second kappa shape index (κ2) is 11.8. The SMILES string of the molecule is COc1cc([C@@H]2c3cc4c(cc3C(O[C@@H]3O[C@@H]5CO[C@@H](C)O[C@H]5[C@H](O)[C@H]3O)C3COC(=O)[C@@H]32)OCO4)cc(OC)c1O.[PbH2]. The first kappa shape index (κ1) is 30.6. The third kappa shape index (κ3) is 5.02. The molecule has 0 spiro atoms. The first-order chi connectivity index (χ1) is 20.3. The van der Waals surface area contributed by atoms with E-state index in [2.05, 4.69) is 0 Å². The van der Waals surface area contributed by atoms with Gasteiger partial charge in [0.1, 0.15) is 24.4 Å². The Morgan fingerprint density at radius 2 is 1.56 bits per heavy atom. The molecular formula is C29H34O13Pb. The second-order valence-electron chi connectivity index (χ2n) is 11.0. The molecular weight excluding hydrogens is 764 g/mol. The van der Waals surface area contributed by atoms with E-state index >= 15 is 0 Å². The molecule has 3 fully saturated rings. The molecule has 5 aliphatic rings. The maximum atomic E-state index is 13.4. The standard InChI is InChI=1S/C29H32O13.Pb.2H/c1-11-36-9-20-27(40-11)24(31)25(32)29(41-20)42-26-14-7-17-16(38-10-39-17)6-13(14)21(22-15(26)8-37-28(22)33)12-4-18(34-2)23(30)19(5-12)35-3;;;/h4-7,11,15,20-22,24-27,29-32H,8-10H2,1-3H3;;;/t11-,15?,20-,21-,22+,24-,25-,26?,27-,29+;;;/m1.../s1. The quantitative estimate of drug-likeness (QED) is 0.283. The van der Waals surface area contributed by atoms with E-state index in [4.69, 9.17) is 42.6 Å². The molecule has 2 aromatic rings. The molecule has 1 aliphatic carbocycles. The molecule has 0 saturated carbocycles. The number of carbonyl (C=O) groups excluding carboxylic acids is 1. The van der Waals surface area contributed by atoms with Gasteiger partial charge in [0.2, 0.25) is 12.5 Å². The zero-order valence-corrected chi connectivity index (χ0v) is 29.3. The summed E-state index contributed by atoms with van der Waals surface area (Å²) in [7, 11) is 2.86. The van der Waals surface area contributed by atoms with Gasteiger partial charge in [-0.3, -0.25) is 4.79 Å². The molecule has 0 aromatic heterocycles. The van der Waals surface area contributed by atoms with Crippen molar-refractivity contribution in [3.8, 4) is 28.7 Å². The van der Waals surface area contributed by atoms with Crippen LogP contribution in [0.15, 0.2) is 24.3 Å². The van der Waals surface area contributed by atoms with Gasteiger partial charge in [0.15, 0.2) is 35.6 Å². The van der Waals surface area contributed by atoms with E-state index in [9.17, 15) is 20.1 Å². The number of aliphatic hydroxyl groups is 2. The molecule has 2 aromatic carbocycles. The number of benzene rings is 2. The molecule has 2 radical (unpaired) electrons. The molecule has 10 atom stereocenters. The van der Waals surface area contributed by atoms with Gasteiger partial charge in [-0.1, -0.05) is 0 Å². The number of phenolic OH excluding ortho intramolecular Hbond substituents is 1. The van der Waals surface area contributed by atoms with E-state index in [1.807, 2.05) is 0 Å². The van der Waals surface area contributed by atoms with Gasteiger partial charge in [-0.15, -0.1) is 0 Å². The zero-order chi connectivity index (χ0) is 29.3. The average Bonchev–Trinajstić information content (AvgIpc) is 3.61. The number of cyclic esters (lactones) is 1. The fourth-order valence-corrected chi connectivity index (χ4v) is 6.74. The predicted molar refractivity (Wildman–Crippen MR) is 147 cm³/mol. The van der Waals surface area contributed by atoms with Gasteiger partial charge in [0.25, 0.3) is 0 Å². The molecule has 3 N–H and O–H groups in total. The number of methoxy groups -OCH3 is 2. The Hall–Kier alpha value is -2.41. The molecule has 3 saturated heterocycles. The Bertz CT molecular complexity index is 1360. The van der Waals surface area contributed by atoms with Crippen molar-refractivity contribution in [2.45, 2.75) is 55.9 Å². The Morgan fingerprint density at radius 3 is 2.23 bits per heavy atom. The molecule has 7 rings (SSSR count). The van der Waals surface area contributed by atoms with Crippen LogP contribution in [-0.4, -0.2) is 120 Å². The van der Waals surface area contributed by atoms with Crippen LogP contribution >= 0.6 is 0 Å². The fourth-order valence-electron chi connectivity index (χ4n) is 6.74. The van der Waals surface area contributed by atoms with Gasteiger partial charge in [-0.05, 0) is 47.9 Å². The summed E-state index contributed by atoms with van der Waals surface area (Å²) in [6.45, 7) is 1.93. The van der Waals surface area contributed by atoms with Gasteiger partial charge >= 0.3 is 33.3 Å². The Morgan fingerprint density at radius 1 is 0.884 bits per heavy atom. The molecule has 2 unspecified atom stereocenters. The van der Waals surface area contributed by atoms with Crippen molar-refractivity contribution in [3.05, 3.63) is 41.0 Å². The summed E-state index contributed by atoms with van der Waals surface area (Å²) < 4.78 is 51.5. The van der Waals surface area contributed by atoms with Crippen LogP contribution < -0.4 is 18.9 Å². The molecule has 13 nitrogen and oxygen atoms in total. The fraction of sp³-hybridized carbons (Fsp3) is 0.552. The molecule has 43 heavy (non-hydrogen) atoms. The summed E-state index contributed by atoms with van der Waals surface area (Å²) >= 11 is 0. The molecule has 232 valence electrons. The molecule has 0 amide bonds. The summed E-state index contributed by atoms with van der Waals surface area (Å²) in [5.74, 6) is -1.02. The summed E-state index contributed by atoms with van der Waals surface area (Å²) in [4.78, 5) is 13.4. The summed E-state index contributed by atoms with van der Waals surface area (Å²) in [6, 6.07) is 6.93. The maximum absolute atomic E-state index is 13.4. The molecule has 4 heterocycles. The van der Waals surface area contributed by atoms with E-state index in [1.54, 1.807) is 31.2 Å². The number of fused-ring (bicyclic) bond motifs is 4. The third-order valence-corrected chi connectivity index (χ3v) is 8.75. The zero-order valence-electron chi connectivity index (χ0n) is 23.8. The number of carbonyl (C=O) groups is 1. The van der Waals surface area contributed by atoms with Crippen molar-refractivity contribution in [1.29, 1.82) is 0 Å². The number of hydrogen-bond acceptors (Lipinski definition) is 13. The van der Waals surface area contributed by atoms with Crippen LogP contribution in [-0.2, 0) is 28.5 Å². The number of ether oxygens (including phenoxy) is 9. The second-order valence-corrected chi connectivity index (χ2v) is 11.0. The van der Waals surface area contributed by atoms with Gasteiger partial charge in [0, 0.05) is 11.8 Å². The van der Waals surface area contributed by atoms with Crippen LogP contribution in [0.1, 0.15) is 35.6 Å². The third-order valence-electron chi connectivity index (χ3n) is 8.75. The number of esters is 1. The Balaban J connectivity index is 0.00000329. The number of hydrogen-bond donors (Lipinski definition) is 3. The van der Waals surface area contributed by atoms with Gasteiger partial charge in [0.05, 0.1) is 39.5 Å². The van der Waals surface area contributed by atoms with Crippen molar-refractivity contribution >= 4 is 33.3 Å². The summed E-state index contributed by atoms with van der Waals surface area (Å²) in [5, 5.41) is 32.5. The number of rotatable bonds is 5. The van der Waals surface area contributed by atoms with E-state index in [0.29, 0.717) is 28.2 Å². The average molecular weight is 798 g/mol. The van der Waals surface area contributed by atoms with E-state index in [0.717, 1.165) is 0 Å². The number of aliphatic hydroxyl groups excluding tert-OH is 2. The minimum absolute atomic E-state index is 0.